The van der Waals surface area contributed by atoms with E-state index >= 15 is 0 Å². The van der Waals surface area contributed by atoms with Gasteiger partial charge in [-0.25, -0.2) is 13.6 Å². The summed E-state index contributed by atoms with van der Waals surface area (Å²) >= 11 is 0. The molecule has 11 heteroatoms. The number of amides is 2. The molecule has 226 valence electrons. The fourth-order valence-corrected chi connectivity index (χ4v) is 5.19. The number of aliphatic hydroxyl groups is 1. The van der Waals surface area contributed by atoms with Crippen molar-refractivity contribution in [3.8, 4) is 5.75 Å². The molecule has 1 saturated carbocycles. The molecular formula is C29H44F2N2O7. The molecule has 0 radical (unpaired) electrons. The highest BCUT2D eigenvalue weighted by molar-refractivity contribution is 5.73. The summed E-state index contributed by atoms with van der Waals surface area (Å²) in [5.41, 5.74) is -0.0504. The maximum Gasteiger partial charge on any atom is 0.410 e. The molecule has 1 aliphatic carbocycles. The zero-order valence-corrected chi connectivity index (χ0v) is 24.2. The first-order valence-electron chi connectivity index (χ1n) is 13.9. The zero-order valence-electron chi connectivity index (χ0n) is 24.2. The number of benzene rings is 1. The van der Waals surface area contributed by atoms with Crippen molar-refractivity contribution in [1.29, 1.82) is 0 Å². The Kier molecular flexibility index (Phi) is 11.1. The van der Waals surface area contributed by atoms with Gasteiger partial charge in [-0.15, -0.1) is 0 Å². The predicted molar refractivity (Wildman–Crippen MR) is 144 cm³/mol. The van der Waals surface area contributed by atoms with Crippen molar-refractivity contribution in [3.05, 3.63) is 29.8 Å². The van der Waals surface area contributed by atoms with Gasteiger partial charge in [-0.05, 0) is 63.1 Å². The Balaban J connectivity index is 1.77. The largest absolute Gasteiger partial charge is 0.488 e. The number of carbonyl (C=O) groups excluding carboxylic acids is 2. The molecule has 0 spiro atoms. The molecule has 0 bridgehead atoms. The number of nitrogens with zero attached hydrogens (tertiary/aromatic N) is 1. The highest BCUT2D eigenvalue weighted by Crippen LogP contribution is 2.38. The average Bonchev–Trinajstić information content (AvgIpc) is 3.31. The molecule has 1 aromatic rings. The van der Waals surface area contributed by atoms with Gasteiger partial charge in [0.2, 0.25) is 5.91 Å². The Morgan fingerprint density at radius 3 is 2.58 bits per heavy atom. The van der Waals surface area contributed by atoms with Crippen LogP contribution in [0.2, 0.25) is 0 Å². The number of morpholine rings is 1. The van der Waals surface area contributed by atoms with Crippen molar-refractivity contribution >= 4 is 12.0 Å². The number of nitrogens with one attached hydrogen (secondary N) is 1. The lowest BCUT2D eigenvalue weighted by Crippen LogP contribution is -2.62. The fraction of sp³-hybridized carbons (Fsp3) is 0.724. The van der Waals surface area contributed by atoms with E-state index in [1.807, 2.05) is 0 Å². The van der Waals surface area contributed by atoms with Gasteiger partial charge in [0.1, 0.15) is 18.0 Å². The Hall–Kier alpha value is -2.50. The summed E-state index contributed by atoms with van der Waals surface area (Å²) in [6, 6.07) is 4.87. The highest BCUT2D eigenvalue weighted by atomic mass is 19.3. The fourth-order valence-electron chi connectivity index (χ4n) is 5.19. The van der Waals surface area contributed by atoms with Crippen LogP contribution in [0.25, 0.3) is 0 Å². The Labute approximate surface area is 235 Å². The maximum absolute atomic E-state index is 13.3. The maximum atomic E-state index is 13.3. The van der Waals surface area contributed by atoms with Gasteiger partial charge in [0.05, 0.1) is 37.9 Å². The lowest BCUT2D eigenvalue weighted by Gasteiger charge is -2.43. The molecule has 0 unspecified atom stereocenters. The van der Waals surface area contributed by atoms with Gasteiger partial charge in [0, 0.05) is 6.92 Å². The van der Waals surface area contributed by atoms with E-state index in [2.05, 4.69) is 12.2 Å². The zero-order chi connectivity index (χ0) is 29.5. The van der Waals surface area contributed by atoms with Crippen molar-refractivity contribution in [2.75, 3.05) is 26.4 Å². The van der Waals surface area contributed by atoms with Crippen molar-refractivity contribution in [2.24, 2.45) is 5.41 Å². The molecule has 4 atom stereocenters. The number of alkyl halides is 2. The van der Waals surface area contributed by atoms with Crippen molar-refractivity contribution in [3.63, 3.8) is 0 Å². The molecule has 2 amide bonds. The van der Waals surface area contributed by atoms with E-state index in [1.165, 1.54) is 11.8 Å². The minimum absolute atomic E-state index is 0.0323. The highest BCUT2D eigenvalue weighted by Gasteiger charge is 2.42. The van der Waals surface area contributed by atoms with Crippen LogP contribution in [0.1, 0.15) is 65.9 Å². The van der Waals surface area contributed by atoms with E-state index in [9.17, 15) is 23.5 Å². The second-order valence-corrected chi connectivity index (χ2v) is 12.1. The molecule has 1 saturated heterocycles. The van der Waals surface area contributed by atoms with Gasteiger partial charge < -0.3 is 29.4 Å². The first-order chi connectivity index (χ1) is 18.7. The van der Waals surface area contributed by atoms with Gasteiger partial charge in [-0.2, -0.15) is 0 Å². The minimum Gasteiger partial charge on any atom is -0.488 e. The second kappa shape index (κ2) is 13.9. The second-order valence-electron chi connectivity index (χ2n) is 12.1. The molecule has 40 heavy (non-hydrogen) atoms. The smallest absolute Gasteiger partial charge is 0.410 e. The van der Waals surface area contributed by atoms with E-state index < -0.39 is 49.2 Å². The van der Waals surface area contributed by atoms with Crippen molar-refractivity contribution in [1.82, 2.24) is 10.2 Å². The molecule has 1 aromatic carbocycles. The average molecular weight is 571 g/mol. The van der Waals surface area contributed by atoms with E-state index in [0.717, 1.165) is 25.7 Å². The summed E-state index contributed by atoms with van der Waals surface area (Å²) in [5.74, 6) is -0.123. The molecule has 9 nitrogen and oxygen atoms in total. The summed E-state index contributed by atoms with van der Waals surface area (Å²) in [4.78, 5) is 26.8. The van der Waals surface area contributed by atoms with Crippen LogP contribution in [0.15, 0.2) is 24.3 Å². The standard InChI is InChI=1S/C29H44F2N2O7/c1-19(34)32-22(14-20-9-8-10-21(13-20)37-17-24(30)31)26(35)23-16-38-25(39-18-29(5)11-6-7-12-29)15-33(23)27(36)40-28(2,3)4/h8-10,13,22-26,35H,6-7,11-12,14-18H2,1-5H3,(H,32,34)/t22-,23+,25-,26-/m0/s1. The minimum atomic E-state index is -2.61. The van der Waals surface area contributed by atoms with Crippen molar-refractivity contribution < 1.29 is 42.4 Å². The summed E-state index contributed by atoms with van der Waals surface area (Å²) < 4.78 is 48.0. The van der Waals surface area contributed by atoms with Gasteiger partial charge in [-0.3, -0.25) is 9.69 Å². The molecule has 2 aliphatic rings. The van der Waals surface area contributed by atoms with Gasteiger partial charge in [0.25, 0.3) is 6.43 Å². The number of hydrogen-bond acceptors (Lipinski definition) is 7. The van der Waals surface area contributed by atoms with Crippen molar-refractivity contribution in [2.45, 2.75) is 103 Å². The number of ether oxygens (including phenoxy) is 4. The van der Waals surface area contributed by atoms with Crippen LogP contribution in [-0.2, 0) is 25.4 Å². The van der Waals surface area contributed by atoms with E-state index in [-0.39, 0.29) is 36.6 Å². The lowest BCUT2D eigenvalue weighted by molar-refractivity contribution is -0.212. The van der Waals surface area contributed by atoms with Crippen LogP contribution in [0.4, 0.5) is 13.6 Å². The van der Waals surface area contributed by atoms with Crippen LogP contribution in [0.5, 0.6) is 5.75 Å². The summed E-state index contributed by atoms with van der Waals surface area (Å²) in [7, 11) is 0. The molecule has 1 heterocycles. The molecule has 2 N–H and O–H groups in total. The number of rotatable bonds is 11. The third-order valence-corrected chi connectivity index (χ3v) is 7.18. The molecule has 3 rings (SSSR count). The molecule has 1 aliphatic heterocycles. The number of carbonyl (C=O) groups is 2. The predicted octanol–water partition coefficient (Wildman–Crippen LogP) is 4.30. The number of aliphatic hydroxyl groups excluding tert-OH is 1. The van der Waals surface area contributed by atoms with Gasteiger partial charge in [-0.1, -0.05) is 31.9 Å². The van der Waals surface area contributed by atoms with Crippen LogP contribution in [-0.4, -0.2) is 84.9 Å². The lowest BCUT2D eigenvalue weighted by atomic mass is 9.90. The van der Waals surface area contributed by atoms with E-state index in [1.54, 1.807) is 45.0 Å². The van der Waals surface area contributed by atoms with Crippen LogP contribution in [0.3, 0.4) is 0 Å². The SMILES string of the molecule is CC(=O)N[C@@H](Cc1cccc(OCC(F)F)c1)[C@H](O)[C@H]1CO[C@@H](OCC2(C)CCCC2)CN1C(=O)OC(C)(C)C. The van der Waals surface area contributed by atoms with Crippen LogP contribution in [0, 0.1) is 5.41 Å². The third kappa shape index (κ3) is 9.85. The molecule has 0 aromatic heterocycles. The Bertz CT molecular complexity index is 981. The number of halogens is 2. The first-order valence-corrected chi connectivity index (χ1v) is 13.9. The number of hydrogen-bond donors (Lipinski definition) is 2. The molecule has 2 fully saturated rings. The van der Waals surface area contributed by atoms with Crippen LogP contribution < -0.4 is 10.1 Å². The quantitative estimate of drug-likeness (QED) is 0.409. The summed E-state index contributed by atoms with van der Waals surface area (Å²) in [6.45, 7) is 8.58. The first kappa shape index (κ1) is 32.0. The van der Waals surface area contributed by atoms with Gasteiger partial charge in [0.15, 0.2) is 6.29 Å². The normalized spacial score (nSPS) is 22.6. The Morgan fingerprint density at radius 2 is 1.95 bits per heavy atom. The summed E-state index contributed by atoms with van der Waals surface area (Å²) in [5, 5.41) is 14.3. The monoisotopic (exact) mass is 570 g/mol. The molecular weight excluding hydrogens is 526 g/mol. The van der Waals surface area contributed by atoms with E-state index in [4.69, 9.17) is 18.9 Å². The Morgan fingerprint density at radius 1 is 1.25 bits per heavy atom. The van der Waals surface area contributed by atoms with Gasteiger partial charge >= 0.3 is 6.09 Å². The van der Waals surface area contributed by atoms with E-state index in [0.29, 0.717) is 12.2 Å². The van der Waals surface area contributed by atoms with Crippen LogP contribution >= 0.6 is 0 Å². The summed E-state index contributed by atoms with van der Waals surface area (Å²) in [6.07, 6.45) is -0.533. The third-order valence-electron chi connectivity index (χ3n) is 7.18. The topological polar surface area (TPSA) is 107 Å².